The molecule has 1 heterocycles. The molecule has 5 heteroatoms. The van der Waals surface area contributed by atoms with Crippen LogP contribution in [-0.4, -0.2) is 33.7 Å². The number of rotatable bonds is 4. The van der Waals surface area contributed by atoms with Crippen molar-refractivity contribution in [1.82, 2.24) is 5.32 Å². The molecule has 3 rings (SSSR count). The monoisotopic (exact) mass is 348 g/mol. The highest BCUT2D eigenvalue weighted by Crippen LogP contribution is 2.28. The second-order valence-corrected chi connectivity index (χ2v) is 5.89. The second kappa shape index (κ2) is 7.66. The zero-order chi connectivity index (χ0) is 18.5. The zero-order valence-corrected chi connectivity index (χ0v) is 15.0. The fourth-order valence-corrected chi connectivity index (χ4v) is 2.63. The number of fused-ring (bicyclic) bond motifs is 1. The number of furan rings is 1. The van der Waals surface area contributed by atoms with Gasteiger partial charge >= 0.3 is 0 Å². The van der Waals surface area contributed by atoms with Crippen LogP contribution in [0.2, 0.25) is 0 Å². The van der Waals surface area contributed by atoms with Gasteiger partial charge in [-0.25, -0.2) is 0 Å². The van der Waals surface area contributed by atoms with E-state index >= 15 is 0 Å². The lowest BCUT2D eigenvalue weighted by Gasteiger charge is -2.13. The average Bonchev–Trinajstić information content (AvgIpc) is 3.09. The lowest BCUT2D eigenvalue weighted by molar-refractivity contribution is 0.0933. The summed E-state index contributed by atoms with van der Waals surface area (Å²) < 4.78 is 10.9. The molecule has 2 aromatic carbocycles. The highest BCUT2D eigenvalue weighted by atomic mass is 16.5. The van der Waals surface area contributed by atoms with Crippen molar-refractivity contribution in [2.45, 2.75) is 0 Å². The maximum Gasteiger partial charge on any atom is 0.287 e. The van der Waals surface area contributed by atoms with E-state index in [9.17, 15) is 4.79 Å². The Morgan fingerprint density at radius 3 is 2.77 bits per heavy atom. The maximum absolute atomic E-state index is 12.3. The number of hydrogen-bond acceptors (Lipinski definition) is 4. The first-order chi connectivity index (χ1) is 12.6. The fraction of sp³-hybridized carbons (Fsp3) is 0.190. The normalized spacial score (nSPS) is 10.1. The summed E-state index contributed by atoms with van der Waals surface area (Å²) in [5.74, 6) is 6.60. The van der Waals surface area contributed by atoms with Gasteiger partial charge in [0.25, 0.3) is 5.91 Å². The largest absolute Gasteiger partial charge is 0.493 e. The Hall–Kier alpha value is -3.39. The molecular weight excluding hydrogens is 328 g/mol. The predicted molar refractivity (Wildman–Crippen MR) is 103 cm³/mol. The molecule has 0 bridgehead atoms. The minimum Gasteiger partial charge on any atom is -0.493 e. The van der Waals surface area contributed by atoms with Crippen LogP contribution in [0.15, 0.2) is 52.9 Å². The van der Waals surface area contributed by atoms with E-state index in [0.717, 1.165) is 16.6 Å². The Morgan fingerprint density at radius 2 is 2.00 bits per heavy atom. The van der Waals surface area contributed by atoms with Gasteiger partial charge in [-0.15, -0.1) is 0 Å². The van der Waals surface area contributed by atoms with Crippen LogP contribution in [0, 0.1) is 11.8 Å². The number of benzene rings is 2. The minimum atomic E-state index is -0.307. The summed E-state index contributed by atoms with van der Waals surface area (Å²) in [6.45, 7) is 0.231. The van der Waals surface area contributed by atoms with Crippen molar-refractivity contribution < 1.29 is 13.9 Å². The van der Waals surface area contributed by atoms with E-state index in [0.29, 0.717) is 11.3 Å². The van der Waals surface area contributed by atoms with Crippen LogP contribution in [0.1, 0.15) is 16.1 Å². The number of nitrogens with zero attached hydrogens (tertiary/aromatic N) is 1. The number of hydrogen-bond donors (Lipinski definition) is 1. The Bertz CT molecular complexity index is 993. The van der Waals surface area contributed by atoms with Crippen LogP contribution in [-0.2, 0) is 0 Å². The molecule has 0 radical (unpaired) electrons. The van der Waals surface area contributed by atoms with Gasteiger partial charge in [0.2, 0.25) is 0 Å². The van der Waals surface area contributed by atoms with Crippen molar-refractivity contribution in [3.05, 3.63) is 59.9 Å². The number of para-hydroxylation sites is 2. The van der Waals surface area contributed by atoms with Crippen LogP contribution < -0.4 is 15.0 Å². The van der Waals surface area contributed by atoms with E-state index in [1.807, 2.05) is 55.4 Å². The number of carbonyl (C=O) groups excluding carboxylic acids is 1. The second-order valence-electron chi connectivity index (χ2n) is 5.89. The van der Waals surface area contributed by atoms with Crippen molar-refractivity contribution in [3.8, 4) is 17.6 Å². The molecule has 0 aliphatic rings. The van der Waals surface area contributed by atoms with Crippen LogP contribution in [0.4, 0.5) is 5.69 Å². The predicted octanol–water partition coefficient (Wildman–Crippen LogP) is 3.29. The van der Waals surface area contributed by atoms with Gasteiger partial charge in [-0.05, 0) is 24.3 Å². The van der Waals surface area contributed by atoms with E-state index in [1.165, 1.54) is 0 Å². The molecule has 0 atom stereocenters. The molecule has 5 nitrogen and oxygen atoms in total. The smallest absolute Gasteiger partial charge is 0.287 e. The van der Waals surface area contributed by atoms with Crippen molar-refractivity contribution in [2.24, 2.45) is 0 Å². The van der Waals surface area contributed by atoms with Gasteiger partial charge < -0.3 is 19.4 Å². The molecule has 1 amide bonds. The van der Waals surface area contributed by atoms with Crippen LogP contribution in [0.3, 0.4) is 0 Å². The lowest BCUT2D eigenvalue weighted by Crippen LogP contribution is -2.23. The summed E-state index contributed by atoms with van der Waals surface area (Å²) in [4.78, 5) is 14.3. The van der Waals surface area contributed by atoms with Crippen LogP contribution >= 0.6 is 0 Å². The minimum absolute atomic E-state index is 0.231. The van der Waals surface area contributed by atoms with Gasteiger partial charge in [-0.1, -0.05) is 36.1 Å². The Balaban J connectivity index is 1.69. The van der Waals surface area contributed by atoms with Gasteiger partial charge in [0, 0.05) is 25.0 Å². The third-order valence-electron chi connectivity index (χ3n) is 3.90. The zero-order valence-electron chi connectivity index (χ0n) is 15.0. The number of ether oxygens (including phenoxy) is 1. The van der Waals surface area contributed by atoms with E-state index in [2.05, 4.69) is 17.2 Å². The molecule has 0 aliphatic heterocycles. The maximum atomic E-state index is 12.3. The summed E-state index contributed by atoms with van der Waals surface area (Å²) in [7, 11) is 5.51. The molecule has 1 aromatic heterocycles. The molecule has 0 spiro atoms. The van der Waals surface area contributed by atoms with Gasteiger partial charge in [0.15, 0.2) is 17.1 Å². The summed E-state index contributed by atoms with van der Waals surface area (Å²) in [6.07, 6.45) is 0. The quantitative estimate of drug-likeness (QED) is 0.735. The van der Waals surface area contributed by atoms with Gasteiger partial charge in [-0.3, -0.25) is 4.79 Å². The van der Waals surface area contributed by atoms with E-state index < -0.39 is 0 Å². The Morgan fingerprint density at radius 1 is 1.19 bits per heavy atom. The molecule has 0 saturated carbocycles. The molecular formula is C21H20N2O3. The number of nitrogens with one attached hydrogen (secondary N) is 1. The first-order valence-electron chi connectivity index (χ1n) is 8.20. The third kappa shape index (κ3) is 3.65. The summed E-state index contributed by atoms with van der Waals surface area (Å²) >= 11 is 0. The molecule has 0 unspecified atom stereocenters. The first kappa shape index (κ1) is 17.4. The SMILES string of the molecule is COc1cccc2cc(C(=O)NCC#Cc3ccccc3N(C)C)oc12. The van der Waals surface area contributed by atoms with E-state index in [1.54, 1.807) is 19.2 Å². The third-order valence-corrected chi connectivity index (χ3v) is 3.90. The topological polar surface area (TPSA) is 54.7 Å². The van der Waals surface area contributed by atoms with Crippen LogP contribution in [0.5, 0.6) is 5.75 Å². The summed E-state index contributed by atoms with van der Waals surface area (Å²) in [5, 5.41) is 3.58. The van der Waals surface area contributed by atoms with Crippen LogP contribution in [0.25, 0.3) is 11.0 Å². The average molecular weight is 348 g/mol. The molecule has 0 aliphatic carbocycles. The first-order valence-corrected chi connectivity index (χ1v) is 8.20. The lowest BCUT2D eigenvalue weighted by atomic mass is 10.1. The van der Waals surface area contributed by atoms with E-state index in [-0.39, 0.29) is 18.2 Å². The van der Waals surface area contributed by atoms with Crippen molar-refractivity contribution in [2.75, 3.05) is 32.6 Å². The van der Waals surface area contributed by atoms with Crippen molar-refractivity contribution in [1.29, 1.82) is 0 Å². The van der Waals surface area contributed by atoms with Gasteiger partial charge in [0.05, 0.1) is 19.3 Å². The fourth-order valence-electron chi connectivity index (χ4n) is 2.63. The summed E-state index contributed by atoms with van der Waals surface area (Å²) in [6, 6.07) is 15.1. The van der Waals surface area contributed by atoms with Crippen molar-refractivity contribution >= 4 is 22.6 Å². The molecule has 0 saturated heterocycles. The number of anilines is 1. The molecule has 132 valence electrons. The van der Waals surface area contributed by atoms with Gasteiger partial charge in [0.1, 0.15) is 0 Å². The number of amides is 1. The highest BCUT2D eigenvalue weighted by Gasteiger charge is 2.13. The molecule has 1 N–H and O–H groups in total. The highest BCUT2D eigenvalue weighted by molar-refractivity contribution is 5.97. The number of carbonyl (C=O) groups is 1. The molecule has 26 heavy (non-hydrogen) atoms. The van der Waals surface area contributed by atoms with E-state index in [4.69, 9.17) is 9.15 Å². The Kier molecular flexibility index (Phi) is 5.14. The number of methoxy groups -OCH3 is 1. The molecule has 3 aromatic rings. The Labute approximate surface area is 152 Å². The molecule has 0 fully saturated rings. The van der Waals surface area contributed by atoms with Crippen molar-refractivity contribution in [3.63, 3.8) is 0 Å². The summed E-state index contributed by atoms with van der Waals surface area (Å²) in [5.41, 5.74) is 2.52. The standard InChI is InChI=1S/C21H20N2O3/c1-23(2)17-11-5-4-8-15(17)10-7-13-22-21(24)19-14-16-9-6-12-18(25-3)20(16)26-19/h4-6,8-9,11-12,14H,13H2,1-3H3,(H,22,24). The van der Waals surface area contributed by atoms with Gasteiger partial charge in [-0.2, -0.15) is 0 Å².